The van der Waals surface area contributed by atoms with Crippen molar-refractivity contribution in [2.45, 2.75) is 20.8 Å². The monoisotopic (exact) mass is 362 g/mol. The number of nitrogens with one attached hydrogen (secondary N) is 2. The van der Waals surface area contributed by atoms with Gasteiger partial charge in [0.05, 0.1) is 12.2 Å². The van der Waals surface area contributed by atoms with E-state index in [-0.39, 0.29) is 5.97 Å². The normalized spacial score (nSPS) is 10.3. The van der Waals surface area contributed by atoms with E-state index in [1.807, 2.05) is 50.2 Å². The molecule has 3 rings (SSSR count). The molecule has 6 heteroatoms. The average molecular weight is 362 g/mol. The Morgan fingerprint density at radius 1 is 0.926 bits per heavy atom. The van der Waals surface area contributed by atoms with Crippen molar-refractivity contribution in [3.05, 3.63) is 71.5 Å². The number of carbonyl (C=O) groups is 1. The van der Waals surface area contributed by atoms with Crippen LogP contribution in [0, 0.1) is 13.8 Å². The molecule has 2 N–H and O–H groups in total. The molecule has 0 unspecified atom stereocenters. The minimum Gasteiger partial charge on any atom is -0.462 e. The van der Waals surface area contributed by atoms with Gasteiger partial charge in [-0.15, -0.1) is 0 Å². The Balaban J connectivity index is 1.75. The van der Waals surface area contributed by atoms with Crippen LogP contribution < -0.4 is 10.6 Å². The Hall–Kier alpha value is -3.41. The van der Waals surface area contributed by atoms with E-state index >= 15 is 0 Å². The van der Waals surface area contributed by atoms with E-state index in [2.05, 4.69) is 26.7 Å². The molecule has 3 aromatic rings. The second kappa shape index (κ2) is 8.31. The number of esters is 1. The Labute approximate surface area is 158 Å². The number of hydrogen-bond acceptors (Lipinski definition) is 6. The largest absolute Gasteiger partial charge is 0.462 e. The van der Waals surface area contributed by atoms with Crippen LogP contribution >= 0.6 is 0 Å². The molecule has 2 aromatic carbocycles. The van der Waals surface area contributed by atoms with Gasteiger partial charge in [0.15, 0.2) is 0 Å². The first kappa shape index (κ1) is 18.4. The van der Waals surface area contributed by atoms with E-state index in [1.165, 1.54) is 5.56 Å². The van der Waals surface area contributed by atoms with Crippen molar-refractivity contribution in [3.8, 4) is 0 Å². The molecule has 138 valence electrons. The van der Waals surface area contributed by atoms with Crippen molar-refractivity contribution in [3.63, 3.8) is 0 Å². The van der Waals surface area contributed by atoms with E-state index in [0.717, 1.165) is 11.4 Å². The van der Waals surface area contributed by atoms with Crippen molar-refractivity contribution in [2.75, 3.05) is 17.2 Å². The summed E-state index contributed by atoms with van der Waals surface area (Å²) in [5.41, 5.74) is 3.48. The maximum absolute atomic E-state index is 11.7. The number of anilines is 4. The molecular weight excluding hydrogens is 340 g/mol. The molecule has 0 fully saturated rings. The Morgan fingerprint density at radius 2 is 1.59 bits per heavy atom. The average Bonchev–Trinajstić information content (AvgIpc) is 2.62. The minimum atomic E-state index is -0.327. The summed E-state index contributed by atoms with van der Waals surface area (Å²) in [5.74, 6) is 1.70. The van der Waals surface area contributed by atoms with Gasteiger partial charge in [0.2, 0.25) is 0 Å². The minimum absolute atomic E-state index is 0.327. The highest BCUT2D eigenvalue weighted by Crippen LogP contribution is 2.21. The lowest BCUT2D eigenvalue weighted by molar-refractivity contribution is 0.0526. The molecule has 6 nitrogen and oxygen atoms in total. The van der Waals surface area contributed by atoms with Crippen LogP contribution in [0.25, 0.3) is 0 Å². The zero-order chi connectivity index (χ0) is 19.2. The third kappa shape index (κ3) is 5.04. The van der Waals surface area contributed by atoms with Gasteiger partial charge in [-0.25, -0.2) is 14.8 Å². The van der Waals surface area contributed by atoms with Crippen LogP contribution in [0.15, 0.2) is 54.6 Å². The van der Waals surface area contributed by atoms with Crippen LogP contribution in [0.2, 0.25) is 0 Å². The van der Waals surface area contributed by atoms with Gasteiger partial charge in [0.1, 0.15) is 17.5 Å². The summed E-state index contributed by atoms with van der Waals surface area (Å²) in [6.07, 6.45) is 0. The molecule has 0 aliphatic heterocycles. The molecule has 1 heterocycles. The van der Waals surface area contributed by atoms with E-state index in [1.54, 1.807) is 19.1 Å². The van der Waals surface area contributed by atoms with Gasteiger partial charge < -0.3 is 15.4 Å². The quantitative estimate of drug-likeness (QED) is 0.616. The molecule has 0 radical (unpaired) electrons. The molecule has 0 aliphatic carbocycles. The first-order valence-corrected chi connectivity index (χ1v) is 8.77. The fourth-order valence-electron chi connectivity index (χ4n) is 2.62. The number of rotatable bonds is 6. The van der Waals surface area contributed by atoms with E-state index in [9.17, 15) is 4.79 Å². The second-order valence-corrected chi connectivity index (χ2v) is 6.10. The zero-order valence-electron chi connectivity index (χ0n) is 15.6. The smallest absolute Gasteiger partial charge is 0.338 e. The van der Waals surface area contributed by atoms with Crippen LogP contribution in [-0.2, 0) is 4.74 Å². The maximum atomic E-state index is 11.7. The number of carbonyl (C=O) groups excluding carboxylic acids is 1. The number of ether oxygens (including phenoxy) is 1. The van der Waals surface area contributed by atoms with Gasteiger partial charge in [-0.3, -0.25) is 0 Å². The van der Waals surface area contributed by atoms with Crippen molar-refractivity contribution in [2.24, 2.45) is 0 Å². The first-order chi connectivity index (χ1) is 13.0. The standard InChI is InChI=1S/C21H22N4O2/c1-4-27-21(26)16-8-10-17(11-9-16)24-19-13-20(23-15(3)22-19)25-18-7-5-6-14(2)12-18/h5-13H,4H2,1-3H3,(H2,22,23,24,25). The van der Waals surface area contributed by atoms with E-state index in [4.69, 9.17) is 4.74 Å². The summed E-state index contributed by atoms with van der Waals surface area (Å²) >= 11 is 0. The molecular formula is C21H22N4O2. The van der Waals surface area contributed by atoms with Crippen LogP contribution in [0.5, 0.6) is 0 Å². The fraction of sp³-hybridized carbons (Fsp3) is 0.190. The molecule has 0 spiro atoms. The summed E-state index contributed by atoms with van der Waals surface area (Å²) < 4.78 is 4.99. The summed E-state index contributed by atoms with van der Waals surface area (Å²) in [7, 11) is 0. The number of nitrogens with zero attached hydrogens (tertiary/aromatic N) is 2. The molecule has 0 amide bonds. The van der Waals surface area contributed by atoms with Crippen LogP contribution in [-0.4, -0.2) is 22.5 Å². The second-order valence-electron chi connectivity index (χ2n) is 6.10. The lowest BCUT2D eigenvalue weighted by Crippen LogP contribution is -2.05. The van der Waals surface area contributed by atoms with Gasteiger partial charge >= 0.3 is 5.97 Å². The summed E-state index contributed by atoms with van der Waals surface area (Å²) in [6.45, 7) is 6.03. The molecule has 0 saturated heterocycles. The maximum Gasteiger partial charge on any atom is 0.338 e. The highest BCUT2D eigenvalue weighted by atomic mass is 16.5. The third-order valence-electron chi connectivity index (χ3n) is 3.80. The number of aryl methyl sites for hydroxylation is 2. The topological polar surface area (TPSA) is 76.1 Å². The van der Waals surface area contributed by atoms with E-state index < -0.39 is 0 Å². The number of aromatic nitrogens is 2. The Morgan fingerprint density at radius 3 is 2.22 bits per heavy atom. The van der Waals surface area contributed by atoms with Gasteiger partial charge in [-0.1, -0.05) is 12.1 Å². The fourth-order valence-corrected chi connectivity index (χ4v) is 2.62. The first-order valence-electron chi connectivity index (χ1n) is 8.77. The highest BCUT2D eigenvalue weighted by molar-refractivity contribution is 5.89. The Kier molecular flexibility index (Phi) is 5.66. The van der Waals surface area contributed by atoms with Crippen molar-refractivity contribution in [1.29, 1.82) is 0 Å². The van der Waals surface area contributed by atoms with Crippen LogP contribution in [0.1, 0.15) is 28.7 Å². The molecule has 1 aromatic heterocycles. The molecule has 0 aliphatic rings. The summed E-state index contributed by atoms with van der Waals surface area (Å²) in [6, 6.07) is 17.0. The van der Waals surface area contributed by atoms with Gasteiger partial charge in [0.25, 0.3) is 0 Å². The predicted octanol–water partition coefficient (Wildman–Crippen LogP) is 4.76. The summed E-state index contributed by atoms with van der Waals surface area (Å²) in [4.78, 5) is 20.6. The summed E-state index contributed by atoms with van der Waals surface area (Å²) in [5, 5.41) is 6.53. The molecule has 0 bridgehead atoms. The predicted molar refractivity (Wildman–Crippen MR) is 107 cm³/mol. The Bertz CT molecular complexity index is 939. The molecule has 0 saturated carbocycles. The zero-order valence-corrected chi connectivity index (χ0v) is 15.6. The lowest BCUT2D eigenvalue weighted by Gasteiger charge is -2.11. The molecule has 27 heavy (non-hydrogen) atoms. The van der Waals surface area contributed by atoms with E-state index in [0.29, 0.717) is 29.6 Å². The number of hydrogen-bond donors (Lipinski definition) is 2. The van der Waals surface area contributed by atoms with Gasteiger partial charge in [-0.2, -0.15) is 0 Å². The SMILES string of the molecule is CCOC(=O)c1ccc(Nc2cc(Nc3cccc(C)c3)nc(C)n2)cc1. The van der Waals surface area contributed by atoms with Gasteiger partial charge in [0, 0.05) is 17.4 Å². The van der Waals surface area contributed by atoms with Crippen molar-refractivity contribution in [1.82, 2.24) is 9.97 Å². The third-order valence-corrected chi connectivity index (χ3v) is 3.80. The lowest BCUT2D eigenvalue weighted by atomic mass is 10.2. The van der Waals surface area contributed by atoms with Crippen molar-refractivity contribution < 1.29 is 9.53 Å². The molecule has 0 atom stereocenters. The van der Waals surface area contributed by atoms with Gasteiger partial charge in [-0.05, 0) is 62.7 Å². The highest BCUT2D eigenvalue weighted by Gasteiger charge is 2.07. The van der Waals surface area contributed by atoms with Crippen LogP contribution in [0.3, 0.4) is 0 Å². The van der Waals surface area contributed by atoms with Crippen molar-refractivity contribution >= 4 is 29.0 Å². The van der Waals surface area contributed by atoms with Crippen LogP contribution in [0.4, 0.5) is 23.0 Å². The number of benzene rings is 2.